The second kappa shape index (κ2) is 5.94. The van der Waals surface area contributed by atoms with Crippen molar-refractivity contribution in [3.63, 3.8) is 0 Å². The van der Waals surface area contributed by atoms with Gasteiger partial charge in [0.25, 0.3) is 0 Å². The first-order valence-electron chi connectivity index (χ1n) is 7.38. The second-order valence-electron chi connectivity index (χ2n) is 5.24. The Morgan fingerprint density at radius 2 is 1.67 bits per heavy atom. The maximum absolute atomic E-state index is 6.39. The monoisotopic (exact) mass is 336 g/mol. The van der Waals surface area contributed by atoms with Crippen LogP contribution in [0.3, 0.4) is 0 Å². The van der Waals surface area contributed by atoms with Crippen molar-refractivity contribution in [1.82, 2.24) is 19.8 Å². The number of hydrogen-bond acceptors (Lipinski definition) is 4. The van der Waals surface area contributed by atoms with Crippen molar-refractivity contribution in [3.8, 4) is 28.3 Å². The van der Waals surface area contributed by atoms with Gasteiger partial charge in [0.05, 0.1) is 7.11 Å². The van der Waals surface area contributed by atoms with E-state index in [1.807, 2.05) is 60.7 Å². The number of halogens is 1. The second-order valence-corrected chi connectivity index (χ2v) is 5.59. The number of rotatable bonds is 3. The lowest BCUT2D eigenvalue weighted by atomic mass is 10.1. The average Bonchev–Trinajstić information content (AvgIpc) is 3.04. The van der Waals surface area contributed by atoms with E-state index in [-0.39, 0.29) is 0 Å². The van der Waals surface area contributed by atoms with Gasteiger partial charge in [-0.25, -0.2) is 0 Å². The molecule has 0 fully saturated rings. The van der Waals surface area contributed by atoms with Gasteiger partial charge >= 0.3 is 0 Å². The molecule has 0 amide bonds. The van der Waals surface area contributed by atoms with Crippen LogP contribution in [0, 0.1) is 0 Å². The molecule has 2 aromatic heterocycles. The van der Waals surface area contributed by atoms with Crippen molar-refractivity contribution in [2.75, 3.05) is 7.11 Å². The Labute approximate surface area is 143 Å². The van der Waals surface area contributed by atoms with Gasteiger partial charge in [-0.2, -0.15) is 9.61 Å². The lowest BCUT2D eigenvalue weighted by molar-refractivity contribution is 0.415. The highest BCUT2D eigenvalue weighted by Gasteiger charge is 2.14. The van der Waals surface area contributed by atoms with Crippen molar-refractivity contribution in [2.45, 2.75) is 0 Å². The molecule has 0 saturated carbocycles. The van der Waals surface area contributed by atoms with Crippen LogP contribution in [0.2, 0.25) is 5.15 Å². The zero-order valence-corrected chi connectivity index (χ0v) is 13.6. The van der Waals surface area contributed by atoms with Crippen LogP contribution in [0.15, 0.2) is 60.7 Å². The number of aromatic nitrogens is 4. The third kappa shape index (κ3) is 2.49. The van der Waals surface area contributed by atoms with Crippen LogP contribution in [0.5, 0.6) is 5.75 Å². The summed E-state index contributed by atoms with van der Waals surface area (Å²) in [6, 6.07) is 19.3. The Morgan fingerprint density at radius 3 is 2.38 bits per heavy atom. The number of fused-ring (bicyclic) bond motifs is 1. The van der Waals surface area contributed by atoms with E-state index in [9.17, 15) is 0 Å². The maximum atomic E-state index is 6.39. The Kier molecular flexibility index (Phi) is 3.63. The van der Waals surface area contributed by atoms with E-state index < -0.39 is 0 Å². The fraction of sp³-hybridized carbons (Fsp3) is 0.0556. The Balaban J connectivity index is 1.84. The summed E-state index contributed by atoms with van der Waals surface area (Å²) in [7, 11) is 1.63. The largest absolute Gasteiger partial charge is 0.497 e. The predicted octanol–water partition coefficient (Wildman–Crippen LogP) is 4.12. The summed E-state index contributed by atoms with van der Waals surface area (Å²) >= 11 is 6.39. The van der Waals surface area contributed by atoms with Crippen LogP contribution in [0.25, 0.3) is 28.2 Å². The maximum Gasteiger partial charge on any atom is 0.185 e. The molecule has 2 aromatic carbocycles. The minimum Gasteiger partial charge on any atom is -0.497 e. The van der Waals surface area contributed by atoms with Crippen molar-refractivity contribution in [2.24, 2.45) is 0 Å². The van der Waals surface area contributed by atoms with Gasteiger partial charge in [0.15, 0.2) is 16.6 Å². The first-order chi connectivity index (χ1) is 11.8. The first kappa shape index (κ1) is 14.7. The fourth-order valence-electron chi connectivity index (χ4n) is 2.55. The third-order valence-corrected chi connectivity index (χ3v) is 4.06. The molecule has 0 N–H and O–H groups in total. The molecule has 6 heteroatoms. The summed E-state index contributed by atoms with van der Waals surface area (Å²) in [6.07, 6.45) is 0. The van der Waals surface area contributed by atoms with Crippen molar-refractivity contribution < 1.29 is 4.74 Å². The number of hydrogen-bond donors (Lipinski definition) is 0. The molecule has 0 aliphatic heterocycles. The summed E-state index contributed by atoms with van der Waals surface area (Å²) in [5.41, 5.74) is 3.35. The number of benzene rings is 2. The van der Waals surface area contributed by atoms with Crippen molar-refractivity contribution >= 4 is 17.2 Å². The molecule has 24 heavy (non-hydrogen) atoms. The Morgan fingerprint density at radius 1 is 0.917 bits per heavy atom. The van der Waals surface area contributed by atoms with E-state index in [1.165, 1.54) is 0 Å². The molecule has 0 bridgehead atoms. The van der Waals surface area contributed by atoms with E-state index in [4.69, 9.17) is 16.3 Å². The molecule has 2 heterocycles. The number of nitrogens with zero attached hydrogens (tertiary/aromatic N) is 4. The van der Waals surface area contributed by atoms with Gasteiger partial charge < -0.3 is 4.74 Å². The minimum absolute atomic E-state index is 0.406. The van der Waals surface area contributed by atoms with Gasteiger partial charge in [-0.1, -0.05) is 41.9 Å². The van der Waals surface area contributed by atoms with Gasteiger partial charge in [-0.05, 0) is 35.9 Å². The quantitative estimate of drug-likeness (QED) is 0.564. The van der Waals surface area contributed by atoms with Gasteiger partial charge in [-0.3, -0.25) is 0 Å². The SMILES string of the molecule is COc1ccc(-c2nnc3cc(-c4ccccc4)c(Cl)nn23)cc1. The predicted molar refractivity (Wildman–Crippen MR) is 93.2 cm³/mol. The Hall–Kier alpha value is -2.92. The van der Waals surface area contributed by atoms with Crippen LogP contribution in [0.1, 0.15) is 0 Å². The molecule has 0 aliphatic carbocycles. The van der Waals surface area contributed by atoms with Crippen LogP contribution >= 0.6 is 11.6 Å². The highest BCUT2D eigenvalue weighted by molar-refractivity contribution is 6.32. The molecular formula is C18H13ClN4O. The summed E-state index contributed by atoms with van der Waals surface area (Å²) in [5.74, 6) is 1.42. The molecule has 0 unspecified atom stereocenters. The van der Waals surface area contributed by atoms with Crippen LogP contribution in [-0.2, 0) is 0 Å². The standard InChI is InChI=1S/C18H13ClN4O/c1-24-14-9-7-13(8-10-14)18-21-20-16-11-15(17(19)22-23(16)18)12-5-3-2-4-6-12/h2-11H,1H3. The van der Waals surface area contributed by atoms with Crippen molar-refractivity contribution in [3.05, 3.63) is 65.8 Å². The number of ether oxygens (including phenoxy) is 1. The molecular weight excluding hydrogens is 324 g/mol. The van der Waals surface area contributed by atoms with Crippen LogP contribution in [-0.4, -0.2) is 26.9 Å². The minimum atomic E-state index is 0.406. The van der Waals surface area contributed by atoms with Crippen LogP contribution in [0.4, 0.5) is 0 Å². The molecule has 4 aromatic rings. The summed E-state index contributed by atoms with van der Waals surface area (Å²) in [5, 5.41) is 13.3. The summed E-state index contributed by atoms with van der Waals surface area (Å²) in [4.78, 5) is 0. The van der Waals surface area contributed by atoms with E-state index >= 15 is 0 Å². The van der Waals surface area contributed by atoms with E-state index in [2.05, 4.69) is 15.3 Å². The van der Waals surface area contributed by atoms with Gasteiger partial charge in [-0.15, -0.1) is 10.2 Å². The van der Waals surface area contributed by atoms with E-state index in [0.29, 0.717) is 16.6 Å². The summed E-state index contributed by atoms with van der Waals surface area (Å²) < 4.78 is 6.83. The Bertz CT molecular complexity index is 997. The summed E-state index contributed by atoms with van der Waals surface area (Å²) in [6.45, 7) is 0. The zero-order valence-electron chi connectivity index (χ0n) is 12.8. The molecule has 0 atom stereocenters. The topological polar surface area (TPSA) is 52.3 Å². The molecule has 118 valence electrons. The smallest absolute Gasteiger partial charge is 0.185 e. The highest BCUT2D eigenvalue weighted by atomic mass is 35.5. The van der Waals surface area contributed by atoms with Gasteiger partial charge in [0.1, 0.15) is 5.75 Å². The molecule has 0 spiro atoms. The molecule has 0 radical (unpaired) electrons. The first-order valence-corrected chi connectivity index (χ1v) is 7.76. The van der Waals surface area contributed by atoms with E-state index in [1.54, 1.807) is 11.6 Å². The molecule has 0 aliphatic rings. The third-order valence-electron chi connectivity index (χ3n) is 3.78. The molecule has 4 rings (SSSR count). The molecule has 5 nitrogen and oxygen atoms in total. The van der Waals surface area contributed by atoms with Gasteiger partial charge in [0, 0.05) is 11.1 Å². The van der Waals surface area contributed by atoms with Crippen molar-refractivity contribution in [1.29, 1.82) is 0 Å². The number of methoxy groups -OCH3 is 1. The highest BCUT2D eigenvalue weighted by Crippen LogP contribution is 2.28. The van der Waals surface area contributed by atoms with Crippen LogP contribution < -0.4 is 4.74 Å². The average molecular weight is 337 g/mol. The molecule has 0 saturated heterocycles. The fourth-order valence-corrected chi connectivity index (χ4v) is 2.79. The van der Waals surface area contributed by atoms with E-state index in [0.717, 1.165) is 22.4 Å². The lowest BCUT2D eigenvalue weighted by Crippen LogP contribution is -1.97. The zero-order chi connectivity index (χ0) is 16.5. The lowest BCUT2D eigenvalue weighted by Gasteiger charge is -2.06. The normalized spacial score (nSPS) is 10.9. The van der Waals surface area contributed by atoms with Gasteiger partial charge in [0.2, 0.25) is 0 Å².